The highest BCUT2D eigenvalue weighted by Crippen LogP contribution is 2.12. The van der Waals surface area contributed by atoms with Crippen molar-refractivity contribution >= 4 is 30.7 Å². The van der Waals surface area contributed by atoms with Crippen molar-refractivity contribution in [1.29, 1.82) is 0 Å². The number of benzene rings is 1. The van der Waals surface area contributed by atoms with Gasteiger partial charge in [-0.2, -0.15) is 0 Å². The molecule has 0 bridgehead atoms. The SMILES string of the molecule is CCN(CC)Cc1ccccc1CNC(=O)CC1COCCN1.Cl.Cl. The second-order valence-corrected chi connectivity index (χ2v) is 5.94. The minimum Gasteiger partial charge on any atom is -0.378 e. The fraction of sp³-hybridized carbons (Fsp3) is 0.611. The molecule has 5 nitrogen and oxygen atoms in total. The van der Waals surface area contributed by atoms with Crippen LogP contribution < -0.4 is 10.6 Å². The topological polar surface area (TPSA) is 53.6 Å². The van der Waals surface area contributed by atoms with Gasteiger partial charge in [0.05, 0.1) is 13.2 Å². The number of halogens is 2. The van der Waals surface area contributed by atoms with Crippen LogP contribution in [0.3, 0.4) is 0 Å². The van der Waals surface area contributed by atoms with E-state index in [1.807, 2.05) is 6.07 Å². The normalized spacial score (nSPS) is 16.7. The number of amides is 1. The summed E-state index contributed by atoms with van der Waals surface area (Å²) in [4.78, 5) is 14.5. The lowest BCUT2D eigenvalue weighted by atomic mass is 10.1. The van der Waals surface area contributed by atoms with Crippen molar-refractivity contribution in [2.45, 2.75) is 39.4 Å². The largest absolute Gasteiger partial charge is 0.378 e. The standard InChI is InChI=1S/C18H29N3O2.2ClH/c1-3-21(4-2)13-16-8-6-5-7-15(16)12-20-18(22)11-17-14-23-10-9-19-17;;/h5-8,17,19H,3-4,9-14H2,1-2H3,(H,20,22);2*1H. The maximum atomic E-state index is 12.1. The second-order valence-electron chi connectivity index (χ2n) is 5.94. The summed E-state index contributed by atoms with van der Waals surface area (Å²) in [7, 11) is 0. The molecule has 7 heteroatoms. The summed E-state index contributed by atoms with van der Waals surface area (Å²) in [6.07, 6.45) is 0.470. The molecule has 1 saturated heterocycles. The molecule has 25 heavy (non-hydrogen) atoms. The lowest BCUT2D eigenvalue weighted by Gasteiger charge is -2.23. The Balaban J connectivity index is 0.00000288. The number of nitrogens with one attached hydrogen (secondary N) is 2. The molecule has 1 aliphatic heterocycles. The van der Waals surface area contributed by atoms with Crippen molar-refractivity contribution in [3.8, 4) is 0 Å². The first kappa shape index (κ1) is 24.1. The minimum absolute atomic E-state index is 0. The van der Waals surface area contributed by atoms with Gasteiger partial charge in [-0.1, -0.05) is 38.1 Å². The van der Waals surface area contributed by atoms with Gasteiger partial charge >= 0.3 is 0 Å². The number of carbonyl (C=O) groups excluding carboxylic acids is 1. The molecule has 1 fully saturated rings. The van der Waals surface area contributed by atoms with Gasteiger partial charge in [0.25, 0.3) is 0 Å². The fourth-order valence-electron chi connectivity index (χ4n) is 2.81. The van der Waals surface area contributed by atoms with Crippen molar-refractivity contribution < 1.29 is 9.53 Å². The zero-order chi connectivity index (χ0) is 16.5. The molecule has 1 amide bonds. The fourth-order valence-corrected chi connectivity index (χ4v) is 2.81. The van der Waals surface area contributed by atoms with E-state index < -0.39 is 0 Å². The van der Waals surface area contributed by atoms with Crippen LogP contribution in [0.15, 0.2) is 24.3 Å². The Morgan fingerprint density at radius 1 is 1.24 bits per heavy atom. The Bertz CT molecular complexity index is 493. The van der Waals surface area contributed by atoms with E-state index in [-0.39, 0.29) is 36.8 Å². The average Bonchev–Trinajstić information content (AvgIpc) is 2.59. The molecule has 2 N–H and O–H groups in total. The first-order valence-electron chi connectivity index (χ1n) is 8.59. The quantitative estimate of drug-likeness (QED) is 0.713. The first-order chi connectivity index (χ1) is 11.2. The second kappa shape index (κ2) is 13.4. The summed E-state index contributed by atoms with van der Waals surface area (Å²) in [5.74, 6) is 0.0747. The van der Waals surface area contributed by atoms with E-state index in [2.05, 4.69) is 47.6 Å². The van der Waals surface area contributed by atoms with Gasteiger partial charge in [0.15, 0.2) is 0 Å². The molecule has 1 unspecified atom stereocenters. The third kappa shape index (κ3) is 8.38. The predicted molar refractivity (Wildman–Crippen MR) is 107 cm³/mol. The molecule has 0 spiro atoms. The molecule has 1 heterocycles. The van der Waals surface area contributed by atoms with Crippen molar-refractivity contribution in [1.82, 2.24) is 15.5 Å². The molecule has 1 aromatic rings. The lowest BCUT2D eigenvalue weighted by molar-refractivity contribution is -0.122. The summed E-state index contributed by atoms with van der Waals surface area (Å²) < 4.78 is 5.39. The number of morpholine rings is 1. The Morgan fingerprint density at radius 2 is 1.92 bits per heavy atom. The Kier molecular flexibility index (Phi) is 12.9. The summed E-state index contributed by atoms with van der Waals surface area (Å²) >= 11 is 0. The highest BCUT2D eigenvalue weighted by molar-refractivity contribution is 5.85. The van der Waals surface area contributed by atoms with E-state index in [4.69, 9.17) is 4.74 Å². The predicted octanol–water partition coefficient (Wildman–Crippen LogP) is 2.37. The van der Waals surface area contributed by atoms with Gasteiger partial charge < -0.3 is 15.4 Å². The third-order valence-corrected chi connectivity index (χ3v) is 4.31. The van der Waals surface area contributed by atoms with Gasteiger partial charge in [-0.15, -0.1) is 24.8 Å². The minimum atomic E-state index is 0. The van der Waals surface area contributed by atoms with Crippen molar-refractivity contribution in [2.75, 3.05) is 32.8 Å². The number of hydrogen-bond donors (Lipinski definition) is 2. The van der Waals surface area contributed by atoms with Gasteiger partial charge in [-0.3, -0.25) is 9.69 Å². The molecule has 1 aromatic carbocycles. The molecule has 1 aliphatic rings. The van der Waals surface area contributed by atoms with Crippen LogP contribution in [0.2, 0.25) is 0 Å². The highest BCUT2D eigenvalue weighted by Gasteiger charge is 2.16. The van der Waals surface area contributed by atoms with Crippen LogP contribution in [0, 0.1) is 0 Å². The van der Waals surface area contributed by atoms with Crippen LogP contribution in [0.25, 0.3) is 0 Å². The number of ether oxygens (including phenoxy) is 1. The van der Waals surface area contributed by atoms with E-state index in [0.29, 0.717) is 19.6 Å². The molecule has 2 rings (SSSR count). The zero-order valence-electron chi connectivity index (χ0n) is 15.1. The molecule has 0 radical (unpaired) electrons. The van der Waals surface area contributed by atoms with Crippen LogP contribution in [-0.2, 0) is 22.6 Å². The van der Waals surface area contributed by atoms with E-state index in [1.54, 1.807) is 0 Å². The van der Waals surface area contributed by atoms with Crippen LogP contribution >= 0.6 is 24.8 Å². The number of rotatable bonds is 8. The van der Waals surface area contributed by atoms with Crippen molar-refractivity contribution in [3.63, 3.8) is 0 Å². The van der Waals surface area contributed by atoms with Crippen LogP contribution in [0.4, 0.5) is 0 Å². The monoisotopic (exact) mass is 391 g/mol. The smallest absolute Gasteiger partial charge is 0.221 e. The van der Waals surface area contributed by atoms with Crippen molar-refractivity contribution in [2.24, 2.45) is 0 Å². The van der Waals surface area contributed by atoms with Gasteiger partial charge in [-0.25, -0.2) is 0 Å². The van der Waals surface area contributed by atoms with E-state index >= 15 is 0 Å². The lowest BCUT2D eigenvalue weighted by Crippen LogP contribution is -2.44. The Morgan fingerprint density at radius 3 is 2.52 bits per heavy atom. The van der Waals surface area contributed by atoms with E-state index in [9.17, 15) is 4.79 Å². The van der Waals surface area contributed by atoms with Crippen LogP contribution in [0.5, 0.6) is 0 Å². The molecular weight excluding hydrogens is 361 g/mol. The summed E-state index contributed by atoms with van der Waals surface area (Å²) in [6.45, 7) is 10.1. The number of nitrogens with zero attached hydrogens (tertiary/aromatic N) is 1. The molecule has 0 aliphatic carbocycles. The van der Waals surface area contributed by atoms with E-state index in [1.165, 1.54) is 11.1 Å². The average molecular weight is 392 g/mol. The van der Waals surface area contributed by atoms with Crippen LogP contribution in [-0.4, -0.2) is 49.7 Å². The zero-order valence-corrected chi connectivity index (χ0v) is 16.8. The molecule has 0 saturated carbocycles. The van der Waals surface area contributed by atoms with Gasteiger partial charge in [0, 0.05) is 32.1 Å². The van der Waals surface area contributed by atoms with Crippen LogP contribution in [0.1, 0.15) is 31.4 Å². The van der Waals surface area contributed by atoms with Gasteiger partial charge in [0.1, 0.15) is 0 Å². The number of hydrogen-bond acceptors (Lipinski definition) is 4. The maximum absolute atomic E-state index is 12.1. The molecule has 0 aromatic heterocycles. The molecule has 144 valence electrons. The van der Waals surface area contributed by atoms with Crippen molar-refractivity contribution in [3.05, 3.63) is 35.4 Å². The van der Waals surface area contributed by atoms with Gasteiger partial charge in [0.2, 0.25) is 5.91 Å². The number of carbonyl (C=O) groups is 1. The molecular formula is C18H31Cl2N3O2. The Labute approximate surface area is 163 Å². The highest BCUT2D eigenvalue weighted by atomic mass is 35.5. The van der Waals surface area contributed by atoms with Gasteiger partial charge in [-0.05, 0) is 24.2 Å². The third-order valence-electron chi connectivity index (χ3n) is 4.31. The summed E-state index contributed by atoms with van der Waals surface area (Å²) in [5.41, 5.74) is 2.48. The van der Waals surface area contributed by atoms with E-state index in [0.717, 1.165) is 32.8 Å². The first-order valence-corrected chi connectivity index (χ1v) is 8.59. The Hall–Kier alpha value is -0.850. The summed E-state index contributed by atoms with van der Waals surface area (Å²) in [6, 6.07) is 8.48. The summed E-state index contributed by atoms with van der Waals surface area (Å²) in [5, 5.41) is 6.35. The maximum Gasteiger partial charge on any atom is 0.221 e. The molecule has 1 atom stereocenters.